The molecule has 0 saturated carbocycles. The van der Waals surface area contributed by atoms with Gasteiger partial charge in [0.15, 0.2) is 0 Å². The highest BCUT2D eigenvalue weighted by atomic mass is 16.6. The molecule has 0 aromatic heterocycles. The first-order valence-electron chi connectivity index (χ1n) is 8.31. The summed E-state index contributed by atoms with van der Waals surface area (Å²) in [6.45, 7) is 4.33. The van der Waals surface area contributed by atoms with Crippen molar-refractivity contribution in [3.8, 4) is 28.4 Å². The molecular formula is C20H23NO5. The van der Waals surface area contributed by atoms with Crippen molar-refractivity contribution in [1.29, 1.82) is 0 Å². The third-order valence-electron chi connectivity index (χ3n) is 4.54. The first kappa shape index (κ1) is 17.9. The molecule has 0 radical (unpaired) electrons. The van der Waals surface area contributed by atoms with E-state index in [1.165, 1.54) is 0 Å². The molecule has 1 atom stereocenters. The van der Waals surface area contributed by atoms with E-state index in [1.54, 1.807) is 14.2 Å². The van der Waals surface area contributed by atoms with Crippen LogP contribution in [0.25, 0.3) is 11.1 Å². The van der Waals surface area contributed by atoms with Crippen molar-refractivity contribution in [2.24, 2.45) is 11.1 Å². The zero-order valence-electron chi connectivity index (χ0n) is 15.4. The fourth-order valence-electron chi connectivity index (χ4n) is 3.19. The predicted octanol–water partition coefficient (Wildman–Crippen LogP) is 3.93. The van der Waals surface area contributed by atoms with Gasteiger partial charge in [-0.2, -0.15) is 0 Å². The number of carbonyl (C=O) groups is 1. The van der Waals surface area contributed by atoms with Crippen molar-refractivity contribution in [3.05, 3.63) is 42.0 Å². The Morgan fingerprint density at radius 3 is 2.62 bits per heavy atom. The Balaban J connectivity index is 2.13. The normalized spacial score (nSPS) is 17.6. The molecule has 0 bridgehead atoms. The molecule has 6 heteroatoms. The highest BCUT2D eigenvalue weighted by Crippen LogP contribution is 2.48. The van der Waals surface area contributed by atoms with E-state index in [4.69, 9.17) is 24.7 Å². The number of hydrogen-bond donors (Lipinski definition) is 1. The van der Waals surface area contributed by atoms with Crippen molar-refractivity contribution in [3.63, 3.8) is 0 Å². The summed E-state index contributed by atoms with van der Waals surface area (Å²) in [6, 6.07) is 11.4. The first-order valence-corrected chi connectivity index (χ1v) is 8.31. The molecule has 0 saturated heterocycles. The number of hydrogen-bond acceptors (Lipinski definition) is 5. The molecular weight excluding hydrogens is 334 g/mol. The van der Waals surface area contributed by atoms with Crippen LogP contribution in [0.2, 0.25) is 0 Å². The summed E-state index contributed by atoms with van der Waals surface area (Å²) in [5, 5.41) is 0. The van der Waals surface area contributed by atoms with Crippen molar-refractivity contribution < 1.29 is 23.7 Å². The molecule has 0 aliphatic carbocycles. The molecule has 0 spiro atoms. The van der Waals surface area contributed by atoms with E-state index in [9.17, 15) is 4.79 Å². The molecule has 2 aromatic rings. The number of ether oxygens (including phenoxy) is 4. The largest absolute Gasteiger partial charge is 0.497 e. The SMILES string of the molecule is COc1cccc(-c2cc3c(cc2OC)C(OC(N)=O)C(C)(C)CO3)c1. The van der Waals surface area contributed by atoms with Gasteiger partial charge in [-0.3, -0.25) is 0 Å². The number of fused-ring (bicyclic) bond motifs is 1. The summed E-state index contributed by atoms with van der Waals surface area (Å²) >= 11 is 0. The number of nitrogens with two attached hydrogens (primary N) is 1. The Kier molecular flexibility index (Phi) is 4.68. The third kappa shape index (κ3) is 3.27. The monoisotopic (exact) mass is 357 g/mol. The van der Waals surface area contributed by atoms with E-state index >= 15 is 0 Å². The van der Waals surface area contributed by atoms with Gasteiger partial charge in [-0.1, -0.05) is 26.0 Å². The molecule has 1 heterocycles. The highest BCUT2D eigenvalue weighted by Gasteiger charge is 2.41. The van der Waals surface area contributed by atoms with Crippen molar-refractivity contribution in [2.75, 3.05) is 20.8 Å². The number of carbonyl (C=O) groups excluding carboxylic acids is 1. The molecule has 138 valence electrons. The van der Waals surface area contributed by atoms with Crippen LogP contribution in [0.3, 0.4) is 0 Å². The Labute approximate surface area is 152 Å². The van der Waals surface area contributed by atoms with E-state index in [0.29, 0.717) is 18.1 Å². The van der Waals surface area contributed by atoms with Gasteiger partial charge in [0, 0.05) is 16.5 Å². The topological polar surface area (TPSA) is 80.0 Å². The molecule has 1 unspecified atom stereocenters. The first-order chi connectivity index (χ1) is 12.4. The molecule has 1 amide bonds. The van der Waals surface area contributed by atoms with Crippen LogP contribution in [0, 0.1) is 5.41 Å². The number of methoxy groups -OCH3 is 2. The maximum absolute atomic E-state index is 11.4. The molecule has 26 heavy (non-hydrogen) atoms. The summed E-state index contributed by atoms with van der Waals surface area (Å²) in [6.07, 6.45) is -1.33. The lowest BCUT2D eigenvalue weighted by atomic mass is 9.80. The van der Waals surface area contributed by atoms with Crippen molar-refractivity contribution in [1.82, 2.24) is 0 Å². The standard InChI is InChI=1S/C20H23NO5/c1-20(2)11-25-17-9-14(12-6-5-7-13(8-12)23-3)16(24-4)10-15(17)18(20)26-19(21)22/h5-10,18H,11H2,1-4H3,(H2,21,22). The fraction of sp³-hybridized carbons (Fsp3) is 0.350. The maximum Gasteiger partial charge on any atom is 0.405 e. The summed E-state index contributed by atoms with van der Waals surface area (Å²) in [7, 11) is 3.23. The molecule has 1 aliphatic rings. The second-order valence-corrected chi connectivity index (χ2v) is 6.92. The minimum absolute atomic E-state index is 0.405. The van der Waals surface area contributed by atoms with Crippen LogP contribution in [0.15, 0.2) is 36.4 Å². The quantitative estimate of drug-likeness (QED) is 0.897. The average Bonchev–Trinajstić information content (AvgIpc) is 2.63. The summed E-state index contributed by atoms with van der Waals surface area (Å²) in [5.74, 6) is 2.05. The number of rotatable bonds is 4. The zero-order chi connectivity index (χ0) is 18.9. The van der Waals surface area contributed by atoms with Gasteiger partial charge in [0.05, 0.1) is 20.8 Å². The van der Waals surface area contributed by atoms with E-state index < -0.39 is 17.6 Å². The van der Waals surface area contributed by atoms with Crippen LogP contribution in [0.4, 0.5) is 4.79 Å². The Morgan fingerprint density at radius 1 is 1.19 bits per heavy atom. The van der Waals surface area contributed by atoms with Gasteiger partial charge < -0.3 is 24.7 Å². The Bertz CT molecular complexity index is 831. The molecule has 6 nitrogen and oxygen atoms in total. The lowest BCUT2D eigenvalue weighted by Crippen LogP contribution is -2.37. The maximum atomic E-state index is 11.4. The average molecular weight is 357 g/mol. The fourth-order valence-corrected chi connectivity index (χ4v) is 3.19. The van der Waals surface area contributed by atoms with Crippen LogP contribution in [-0.2, 0) is 4.74 Å². The van der Waals surface area contributed by atoms with Gasteiger partial charge in [0.25, 0.3) is 0 Å². The summed E-state index contributed by atoms with van der Waals surface area (Å²) < 4.78 is 22.2. The minimum atomic E-state index is -0.813. The van der Waals surface area contributed by atoms with E-state index in [1.807, 2.05) is 50.2 Å². The molecule has 0 fully saturated rings. The van der Waals surface area contributed by atoms with E-state index in [-0.39, 0.29) is 0 Å². The van der Waals surface area contributed by atoms with Crippen LogP contribution in [0.1, 0.15) is 25.5 Å². The zero-order valence-corrected chi connectivity index (χ0v) is 15.4. The molecule has 1 aliphatic heterocycles. The second-order valence-electron chi connectivity index (χ2n) is 6.92. The molecule has 3 rings (SSSR count). The molecule has 2 N–H and O–H groups in total. The van der Waals surface area contributed by atoms with Crippen molar-refractivity contribution in [2.45, 2.75) is 20.0 Å². The van der Waals surface area contributed by atoms with Gasteiger partial charge in [-0.05, 0) is 29.8 Å². The Hall–Kier alpha value is -2.89. The smallest absolute Gasteiger partial charge is 0.405 e. The summed E-state index contributed by atoms with van der Waals surface area (Å²) in [4.78, 5) is 11.4. The van der Waals surface area contributed by atoms with Crippen molar-refractivity contribution >= 4 is 6.09 Å². The van der Waals surface area contributed by atoms with E-state index in [0.717, 1.165) is 22.4 Å². The van der Waals surface area contributed by atoms with Crippen LogP contribution < -0.4 is 19.9 Å². The number of amides is 1. The lowest BCUT2D eigenvalue weighted by molar-refractivity contribution is -0.0177. The van der Waals surface area contributed by atoms with E-state index in [2.05, 4.69) is 0 Å². The highest BCUT2D eigenvalue weighted by molar-refractivity contribution is 5.75. The van der Waals surface area contributed by atoms with Gasteiger partial charge in [-0.15, -0.1) is 0 Å². The van der Waals surface area contributed by atoms with Gasteiger partial charge in [0.2, 0.25) is 0 Å². The minimum Gasteiger partial charge on any atom is -0.497 e. The summed E-state index contributed by atoms with van der Waals surface area (Å²) in [5.41, 5.74) is 7.40. The van der Waals surface area contributed by atoms with Gasteiger partial charge >= 0.3 is 6.09 Å². The molecule has 2 aromatic carbocycles. The van der Waals surface area contributed by atoms with Gasteiger partial charge in [0.1, 0.15) is 23.4 Å². The second kappa shape index (κ2) is 6.78. The Morgan fingerprint density at radius 2 is 1.96 bits per heavy atom. The third-order valence-corrected chi connectivity index (χ3v) is 4.54. The van der Waals surface area contributed by atoms with Crippen LogP contribution in [0.5, 0.6) is 17.2 Å². The van der Waals surface area contributed by atoms with Crippen LogP contribution >= 0.6 is 0 Å². The van der Waals surface area contributed by atoms with Gasteiger partial charge in [-0.25, -0.2) is 4.79 Å². The lowest BCUT2D eigenvalue weighted by Gasteiger charge is -2.38. The predicted molar refractivity (Wildman–Crippen MR) is 97.7 cm³/mol. The number of primary amides is 1. The van der Waals surface area contributed by atoms with Crippen LogP contribution in [-0.4, -0.2) is 26.9 Å². The number of benzene rings is 2.